The van der Waals surface area contributed by atoms with Crippen molar-refractivity contribution in [1.29, 1.82) is 0 Å². The molecule has 0 fully saturated rings. The Bertz CT molecular complexity index is 666. The minimum absolute atomic E-state index is 0.0822. The Kier molecular flexibility index (Phi) is 5.51. The van der Waals surface area contributed by atoms with Crippen LogP contribution in [0.15, 0.2) is 17.0 Å². The number of methoxy groups -OCH3 is 2. The molecule has 0 saturated heterocycles. The summed E-state index contributed by atoms with van der Waals surface area (Å²) in [5, 5.41) is 0.253. The van der Waals surface area contributed by atoms with Crippen molar-refractivity contribution in [2.75, 3.05) is 14.2 Å². The summed E-state index contributed by atoms with van der Waals surface area (Å²) in [5.41, 5.74) is -0.989. The van der Waals surface area contributed by atoms with Gasteiger partial charge in [-0.15, -0.1) is 6.42 Å². The molecule has 1 rings (SSSR count). The van der Waals surface area contributed by atoms with E-state index in [0.717, 1.165) is 0 Å². The predicted molar refractivity (Wildman–Crippen MR) is 82.4 cm³/mol. The first-order valence-electron chi connectivity index (χ1n) is 6.16. The number of ether oxygens (including phenoxy) is 2. The second-order valence-corrected chi connectivity index (χ2v) is 6.63. The Morgan fingerprint density at radius 1 is 1.33 bits per heavy atom. The molecule has 0 aliphatic carbocycles. The molecule has 5 nitrogen and oxygen atoms in total. The van der Waals surface area contributed by atoms with Crippen molar-refractivity contribution in [2.24, 2.45) is 0 Å². The van der Waals surface area contributed by atoms with Crippen LogP contribution < -0.4 is 14.2 Å². The number of terminal acetylenes is 1. The van der Waals surface area contributed by atoms with Crippen LogP contribution in [0, 0.1) is 12.3 Å². The smallest absolute Gasteiger partial charge is 0.245 e. The minimum atomic E-state index is -3.89. The van der Waals surface area contributed by atoms with Crippen molar-refractivity contribution in [3.8, 4) is 23.8 Å². The molecule has 0 bridgehead atoms. The normalized spacial score (nSPS) is 14.1. The molecule has 1 atom stereocenters. The van der Waals surface area contributed by atoms with E-state index in [2.05, 4.69) is 10.6 Å². The molecule has 0 saturated carbocycles. The molecule has 7 heteroatoms. The molecule has 1 aromatic rings. The van der Waals surface area contributed by atoms with Crippen LogP contribution in [0.5, 0.6) is 11.5 Å². The number of nitrogens with one attached hydrogen (secondary N) is 1. The quantitative estimate of drug-likeness (QED) is 0.813. The average Bonchev–Trinajstić information content (AvgIpc) is 2.45. The van der Waals surface area contributed by atoms with Gasteiger partial charge >= 0.3 is 0 Å². The van der Waals surface area contributed by atoms with E-state index in [1.807, 2.05) is 0 Å². The van der Waals surface area contributed by atoms with E-state index in [4.69, 9.17) is 27.5 Å². The summed E-state index contributed by atoms with van der Waals surface area (Å²) in [6.45, 7) is 3.42. The van der Waals surface area contributed by atoms with Gasteiger partial charge in [0.05, 0.1) is 24.8 Å². The topological polar surface area (TPSA) is 64.6 Å². The maximum atomic E-state index is 12.5. The first-order chi connectivity index (χ1) is 9.72. The monoisotopic (exact) mass is 331 g/mol. The summed E-state index contributed by atoms with van der Waals surface area (Å²) in [4.78, 5) is -0.0822. The average molecular weight is 332 g/mol. The number of hydrogen-bond acceptors (Lipinski definition) is 4. The molecule has 1 N–H and O–H groups in total. The number of sulfonamides is 1. The van der Waals surface area contributed by atoms with Gasteiger partial charge in [-0.1, -0.05) is 24.4 Å². The summed E-state index contributed by atoms with van der Waals surface area (Å²) in [6.07, 6.45) is 5.84. The van der Waals surface area contributed by atoms with Crippen molar-refractivity contribution in [3.63, 3.8) is 0 Å². The highest BCUT2D eigenvalue weighted by molar-refractivity contribution is 7.89. The lowest BCUT2D eigenvalue weighted by molar-refractivity contribution is 0.391. The van der Waals surface area contributed by atoms with Gasteiger partial charge in [-0.2, -0.15) is 4.72 Å². The predicted octanol–water partition coefficient (Wildman–Crippen LogP) is 2.44. The van der Waals surface area contributed by atoms with Crippen molar-refractivity contribution >= 4 is 21.6 Å². The minimum Gasteiger partial charge on any atom is -0.495 e. The SMILES string of the molecule is C#C[C@@](C)(CC)NS(=O)(=O)c1cc(OC)c(Cl)cc1OC. The fourth-order valence-corrected chi connectivity index (χ4v) is 3.40. The van der Waals surface area contributed by atoms with Crippen LogP contribution in [0.1, 0.15) is 20.3 Å². The Balaban J connectivity index is 3.41. The molecular formula is C14H18ClNO4S. The van der Waals surface area contributed by atoms with E-state index in [1.165, 1.54) is 26.4 Å². The lowest BCUT2D eigenvalue weighted by Crippen LogP contribution is -2.44. The molecule has 0 spiro atoms. The summed E-state index contributed by atoms with van der Waals surface area (Å²) >= 11 is 5.97. The largest absolute Gasteiger partial charge is 0.495 e. The zero-order valence-electron chi connectivity index (χ0n) is 12.4. The highest BCUT2D eigenvalue weighted by Gasteiger charge is 2.30. The van der Waals surface area contributed by atoms with Crippen molar-refractivity contribution in [3.05, 3.63) is 17.2 Å². The molecule has 0 aromatic heterocycles. The molecule has 21 heavy (non-hydrogen) atoms. The Hall–Kier alpha value is -1.42. The van der Waals surface area contributed by atoms with E-state index in [-0.39, 0.29) is 21.4 Å². The molecule has 0 aliphatic rings. The summed E-state index contributed by atoms with van der Waals surface area (Å²) < 4.78 is 37.7. The van der Waals surface area contributed by atoms with Crippen LogP contribution >= 0.6 is 11.6 Å². The number of hydrogen-bond donors (Lipinski definition) is 1. The standard InChI is InChI=1S/C14H18ClNO4S/c1-6-14(3,7-2)16-21(17,18)13-9-11(19-4)10(15)8-12(13)20-5/h1,8-9,16H,7H2,2-5H3/t14-/m0/s1. The van der Waals surface area contributed by atoms with E-state index < -0.39 is 15.6 Å². The van der Waals surface area contributed by atoms with Crippen molar-refractivity contribution in [1.82, 2.24) is 4.72 Å². The van der Waals surface area contributed by atoms with Gasteiger partial charge in [0.2, 0.25) is 10.0 Å². The molecule has 0 unspecified atom stereocenters. The molecular weight excluding hydrogens is 314 g/mol. The summed E-state index contributed by atoms with van der Waals surface area (Å²) in [6, 6.07) is 2.68. The molecule has 0 amide bonds. The van der Waals surface area contributed by atoms with Crippen molar-refractivity contribution < 1.29 is 17.9 Å². The highest BCUT2D eigenvalue weighted by atomic mass is 35.5. The summed E-state index contributed by atoms with van der Waals surface area (Å²) in [5.74, 6) is 2.79. The molecule has 0 aliphatic heterocycles. The van der Waals surface area contributed by atoms with Gasteiger partial charge in [0, 0.05) is 12.1 Å². The van der Waals surface area contributed by atoms with Crippen LogP contribution in [0.4, 0.5) is 0 Å². The van der Waals surface area contributed by atoms with E-state index in [0.29, 0.717) is 6.42 Å². The van der Waals surface area contributed by atoms with Gasteiger partial charge < -0.3 is 9.47 Å². The Labute approximate surface area is 130 Å². The van der Waals surface area contributed by atoms with E-state index in [1.54, 1.807) is 13.8 Å². The zero-order chi connectivity index (χ0) is 16.3. The molecule has 0 radical (unpaired) electrons. The van der Waals surface area contributed by atoms with Crippen LogP contribution in [-0.4, -0.2) is 28.2 Å². The first-order valence-corrected chi connectivity index (χ1v) is 8.02. The number of rotatable bonds is 6. The highest BCUT2D eigenvalue weighted by Crippen LogP contribution is 2.35. The Morgan fingerprint density at radius 3 is 2.33 bits per heavy atom. The fraction of sp³-hybridized carbons (Fsp3) is 0.429. The van der Waals surface area contributed by atoms with Crippen LogP contribution in [0.25, 0.3) is 0 Å². The van der Waals surface area contributed by atoms with Crippen LogP contribution in [-0.2, 0) is 10.0 Å². The first kappa shape index (κ1) is 17.6. The van der Waals surface area contributed by atoms with Crippen LogP contribution in [0.2, 0.25) is 5.02 Å². The maximum absolute atomic E-state index is 12.5. The van der Waals surface area contributed by atoms with Gasteiger partial charge in [-0.3, -0.25) is 0 Å². The third kappa shape index (κ3) is 3.82. The van der Waals surface area contributed by atoms with Crippen LogP contribution in [0.3, 0.4) is 0 Å². The Morgan fingerprint density at radius 2 is 1.90 bits per heavy atom. The molecule has 0 heterocycles. The second kappa shape index (κ2) is 6.56. The van der Waals surface area contributed by atoms with E-state index >= 15 is 0 Å². The van der Waals surface area contributed by atoms with E-state index in [9.17, 15) is 8.42 Å². The summed E-state index contributed by atoms with van der Waals surface area (Å²) in [7, 11) is -1.13. The second-order valence-electron chi connectivity index (χ2n) is 4.57. The third-order valence-corrected chi connectivity index (χ3v) is 5.03. The lowest BCUT2D eigenvalue weighted by atomic mass is 10.0. The van der Waals surface area contributed by atoms with Gasteiger partial charge in [0.15, 0.2) is 0 Å². The van der Waals surface area contributed by atoms with Gasteiger partial charge in [0.1, 0.15) is 16.4 Å². The number of benzene rings is 1. The van der Waals surface area contributed by atoms with Gasteiger partial charge in [-0.25, -0.2) is 8.42 Å². The molecule has 1 aromatic carbocycles. The third-order valence-electron chi connectivity index (χ3n) is 3.11. The van der Waals surface area contributed by atoms with Gasteiger partial charge in [-0.05, 0) is 13.3 Å². The number of halogens is 1. The maximum Gasteiger partial charge on any atom is 0.245 e. The molecule has 116 valence electrons. The zero-order valence-corrected chi connectivity index (χ0v) is 13.9. The fourth-order valence-electron chi connectivity index (χ4n) is 1.60. The van der Waals surface area contributed by atoms with Gasteiger partial charge in [0.25, 0.3) is 0 Å². The lowest BCUT2D eigenvalue weighted by Gasteiger charge is -2.24. The van der Waals surface area contributed by atoms with Crippen molar-refractivity contribution in [2.45, 2.75) is 30.7 Å².